The van der Waals surface area contributed by atoms with Crippen LogP contribution in [0, 0.1) is 46.3 Å². The molecule has 238 valence electrons. The highest BCUT2D eigenvalue weighted by molar-refractivity contribution is 7.81. The first-order chi connectivity index (χ1) is 18.8. The first-order valence-electron chi connectivity index (χ1n) is 14.4. The van der Waals surface area contributed by atoms with Crippen molar-refractivity contribution in [3.8, 4) is 0 Å². The van der Waals surface area contributed by atoms with Crippen molar-refractivity contribution < 1.29 is 51.5 Å². The number of unbranched alkanes of at least 4 members (excludes halogenated alkanes) is 1. The second-order valence-corrected chi connectivity index (χ2v) is 16.4. The van der Waals surface area contributed by atoms with Crippen molar-refractivity contribution in [1.82, 2.24) is 0 Å². The van der Waals surface area contributed by atoms with E-state index in [1.807, 2.05) is 13.0 Å². The summed E-state index contributed by atoms with van der Waals surface area (Å²) < 4.78 is 114. The lowest BCUT2D eigenvalue weighted by Gasteiger charge is -2.63. The van der Waals surface area contributed by atoms with E-state index in [-0.39, 0.29) is 36.0 Å². The average Bonchev–Trinajstić information content (AvgIpc) is 3.15. The van der Waals surface area contributed by atoms with Gasteiger partial charge in [0.1, 0.15) is 12.2 Å². The fourth-order valence-electron chi connectivity index (χ4n) is 9.79. The van der Waals surface area contributed by atoms with Crippen molar-refractivity contribution in [2.45, 2.75) is 103 Å². The smallest absolute Gasteiger partial charge is 0.264 e. The Morgan fingerprint density at radius 1 is 0.805 bits per heavy atom. The molecule has 41 heavy (non-hydrogen) atoms. The Hall–Kier alpha value is -0.650. The van der Waals surface area contributed by atoms with Crippen molar-refractivity contribution in [2.75, 3.05) is 0 Å². The Bertz CT molecular complexity index is 1300. The molecule has 0 aliphatic heterocycles. The van der Waals surface area contributed by atoms with Gasteiger partial charge in [-0.15, -0.1) is 6.58 Å². The van der Waals surface area contributed by atoms with Gasteiger partial charge in [-0.3, -0.25) is 13.7 Å². The molecule has 3 N–H and O–H groups in total. The predicted octanol–water partition coefficient (Wildman–Crippen LogP) is 4.42. The Balaban J connectivity index is 1.70. The van der Waals surface area contributed by atoms with E-state index in [4.69, 9.17) is 12.5 Å². The lowest BCUT2D eigenvalue weighted by Crippen LogP contribution is -2.62. The molecule has 0 spiro atoms. The molecule has 0 heterocycles. The summed E-state index contributed by atoms with van der Waals surface area (Å²) in [5, 5.41) is 0. The quantitative estimate of drug-likeness (QED) is 0.163. The van der Waals surface area contributed by atoms with Crippen LogP contribution < -0.4 is 0 Å². The summed E-state index contributed by atoms with van der Waals surface area (Å²) in [6.45, 7) is 10.3. The second-order valence-electron chi connectivity index (χ2n) is 13.3. The van der Waals surface area contributed by atoms with Gasteiger partial charge in [0, 0.05) is 0 Å². The molecular weight excluding hydrogens is 600 g/mol. The summed E-state index contributed by atoms with van der Waals surface area (Å²) in [5.41, 5.74) is -0.808. The molecule has 3 unspecified atom stereocenters. The van der Waals surface area contributed by atoms with E-state index in [9.17, 15) is 38.9 Å². The molecule has 0 aromatic carbocycles. The third-order valence-electron chi connectivity index (χ3n) is 11.2. The van der Waals surface area contributed by atoms with E-state index in [0.717, 1.165) is 44.9 Å². The SMILES string of the molecule is C=CCCC[C@@H](C)[C@H]1CCC2C3C[C@H](OS(=O)(=O)O)[C@H]4C[C@H](OS(=O)(=O)O)[C@@H](OS(=O)(=O)O)C[C@]4(C)C3CC[C@@]21C. The van der Waals surface area contributed by atoms with E-state index >= 15 is 0 Å². The minimum Gasteiger partial charge on any atom is -0.264 e. The fourth-order valence-corrected chi connectivity index (χ4v) is 11.3. The van der Waals surface area contributed by atoms with Crippen LogP contribution in [-0.4, -0.2) is 57.2 Å². The van der Waals surface area contributed by atoms with Crippen LogP contribution >= 0.6 is 0 Å². The van der Waals surface area contributed by atoms with Crippen LogP contribution in [0.3, 0.4) is 0 Å². The lowest BCUT2D eigenvalue weighted by molar-refractivity contribution is -0.184. The molecule has 0 aromatic rings. The van der Waals surface area contributed by atoms with Crippen LogP contribution in [0.5, 0.6) is 0 Å². The van der Waals surface area contributed by atoms with Crippen molar-refractivity contribution in [3.63, 3.8) is 0 Å². The zero-order valence-corrected chi connectivity index (χ0v) is 26.2. The van der Waals surface area contributed by atoms with Crippen LogP contribution in [0.2, 0.25) is 0 Å². The number of allylic oxidation sites excluding steroid dienone is 1. The van der Waals surface area contributed by atoms with Gasteiger partial charge in [0.2, 0.25) is 0 Å². The first kappa shape index (κ1) is 33.2. The number of hydrogen-bond donors (Lipinski definition) is 3. The largest absolute Gasteiger partial charge is 0.397 e. The molecule has 4 saturated carbocycles. The molecule has 4 aliphatic rings. The molecule has 11 atom stereocenters. The van der Waals surface area contributed by atoms with Crippen molar-refractivity contribution in [3.05, 3.63) is 12.7 Å². The Morgan fingerprint density at radius 2 is 1.37 bits per heavy atom. The lowest BCUT2D eigenvalue weighted by atomic mass is 9.43. The summed E-state index contributed by atoms with van der Waals surface area (Å²) >= 11 is 0. The van der Waals surface area contributed by atoms with Crippen LogP contribution in [0.25, 0.3) is 0 Å². The third kappa shape index (κ3) is 7.19. The van der Waals surface area contributed by atoms with E-state index in [2.05, 4.69) is 20.4 Å². The van der Waals surface area contributed by atoms with E-state index in [0.29, 0.717) is 18.3 Å². The maximum absolute atomic E-state index is 12.0. The Labute approximate surface area is 244 Å². The highest BCUT2D eigenvalue weighted by Gasteiger charge is 2.65. The van der Waals surface area contributed by atoms with Gasteiger partial charge in [0.05, 0.1) is 6.10 Å². The second kappa shape index (κ2) is 11.7. The summed E-state index contributed by atoms with van der Waals surface area (Å²) in [6.07, 6.45) is 4.67. The van der Waals surface area contributed by atoms with Gasteiger partial charge in [-0.1, -0.05) is 33.3 Å². The molecule has 0 aromatic heterocycles. The zero-order valence-electron chi connectivity index (χ0n) is 23.8. The third-order valence-corrected chi connectivity index (χ3v) is 12.7. The van der Waals surface area contributed by atoms with E-state index in [1.165, 1.54) is 0 Å². The fraction of sp³-hybridized carbons (Fsp3) is 0.923. The molecule has 0 saturated heterocycles. The molecule has 12 nitrogen and oxygen atoms in total. The molecule has 4 fully saturated rings. The summed E-state index contributed by atoms with van der Waals surface area (Å²) in [5.74, 6) is 0.528. The summed E-state index contributed by atoms with van der Waals surface area (Å²) in [6, 6.07) is 0. The Morgan fingerprint density at radius 3 is 1.95 bits per heavy atom. The summed E-state index contributed by atoms with van der Waals surface area (Å²) in [7, 11) is -15.0. The molecular formula is C26H44O12S3. The van der Waals surface area contributed by atoms with Gasteiger partial charge in [-0.05, 0) is 104 Å². The van der Waals surface area contributed by atoms with E-state index < -0.39 is 60.8 Å². The van der Waals surface area contributed by atoms with Crippen molar-refractivity contribution in [2.24, 2.45) is 46.3 Å². The standard InChI is InChI=1S/C26H44O12S3/c1-5-6-7-8-16(2)18-9-10-19-17-13-22(36-39(27,28)29)21-14-23(37-40(30,31)32)24(38-41(33,34)35)15-26(21,4)20(17)11-12-25(18,19)3/h5,16-24H,1,6-15H2,2-4H3,(H,27,28,29)(H,30,31,32)(H,33,34,35)/t16-,17?,18-,19?,20?,21-,22+,23+,24+,25-,26-/m1/s1. The highest BCUT2D eigenvalue weighted by atomic mass is 32.3. The number of hydrogen-bond acceptors (Lipinski definition) is 9. The monoisotopic (exact) mass is 644 g/mol. The van der Waals surface area contributed by atoms with Gasteiger partial charge < -0.3 is 0 Å². The van der Waals surface area contributed by atoms with Crippen LogP contribution in [0.1, 0.15) is 85.0 Å². The molecule has 0 amide bonds. The number of fused-ring (bicyclic) bond motifs is 5. The average molecular weight is 645 g/mol. The maximum atomic E-state index is 12.0. The minimum absolute atomic E-state index is 0.00227. The van der Waals surface area contributed by atoms with Crippen molar-refractivity contribution in [1.29, 1.82) is 0 Å². The molecule has 4 rings (SSSR count). The van der Waals surface area contributed by atoms with E-state index in [1.54, 1.807) is 0 Å². The number of rotatable bonds is 11. The van der Waals surface area contributed by atoms with Crippen LogP contribution in [0.4, 0.5) is 0 Å². The van der Waals surface area contributed by atoms with Gasteiger partial charge in [-0.2, -0.15) is 25.3 Å². The predicted molar refractivity (Wildman–Crippen MR) is 148 cm³/mol. The molecule has 0 bridgehead atoms. The molecule has 4 aliphatic carbocycles. The summed E-state index contributed by atoms with van der Waals surface area (Å²) in [4.78, 5) is 0. The highest BCUT2D eigenvalue weighted by Crippen LogP contribution is 2.69. The zero-order chi connectivity index (χ0) is 30.6. The normalized spacial score (nSPS) is 42.1. The van der Waals surface area contributed by atoms with Crippen LogP contribution in [0.15, 0.2) is 12.7 Å². The van der Waals surface area contributed by atoms with Gasteiger partial charge in [0.15, 0.2) is 0 Å². The van der Waals surface area contributed by atoms with Gasteiger partial charge in [-0.25, -0.2) is 12.5 Å². The first-order valence-corrected chi connectivity index (χ1v) is 18.4. The van der Waals surface area contributed by atoms with Crippen LogP contribution in [-0.2, 0) is 43.7 Å². The maximum Gasteiger partial charge on any atom is 0.397 e. The molecule has 0 radical (unpaired) electrons. The topological polar surface area (TPSA) is 191 Å². The Kier molecular flexibility index (Phi) is 9.48. The van der Waals surface area contributed by atoms with Gasteiger partial charge >= 0.3 is 31.2 Å². The minimum atomic E-state index is -5.06. The molecule has 15 heteroatoms. The van der Waals surface area contributed by atoms with Gasteiger partial charge in [0.25, 0.3) is 0 Å². The van der Waals surface area contributed by atoms with Crippen molar-refractivity contribution >= 4 is 31.2 Å².